The van der Waals surface area contributed by atoms with Gasteiger partial charge in [0.2, 0.25) is 0 Å². The van der Waals surface area contributed by atoms with Gasteiger partial charge in [0.25, 0.3) is 0 Å². The second kappa shape index (κ2) is 6.84. The van der Waals surface area contributed by atoms with Crippen LogP contribution in [0, 0.1) is 0 Å². The SMILES string of the molecule is COC1(c2nccc(CNC(C)(C)C)n2)CCCCCC1. The number of hydrogen-bond donors (Lipinski definition) is 1. The Kier molecular flexibility index (Phi) is 5.33. The maximum absolute atomic E-state index is 5.90. The van der Waals surface area contributed by atoms with E-state index in [1.54, 1.807) is 7.11 Å². The van der Waals surface area contributed by atoms with Crippen LogP contribution in [0.2, 0.25) is 0 Å². The molecule has 0 bridgehead atoms. The van der Waals surface area contributed by atoms with Gasteiger partial charge < -0.3 is 10.1 Å². The Morgan fingerprint density at radius 2 is 1.86 bits per heavy atom. The first-order valence-electron chi connectivity index (χ1n) is 8.08. The van der Waals surface area contributed by atoms with Crippen molar-refractivity contribution >= 4 is 0 Å². The van der Waals surface area contributed by atoms with E-state index in [-0.39, 0.29) is 11.1 Å². The lowest BCUT2D eigenvalue weighted by atomic mass is 9.93. The molecule has 4 heteroatoms. The minimum atomic E-state index is -0.283. The van der Waals surface area contributed by atoms with E-state index in [0.29, 0.717) is 0 Å². The normalized spacial score (nSPS) is 19.2. The maximum Gasteiger partial charge on any atom is 0.160 e. The molecule has 1 aromatic heterocycles. The second-order valence-corrected chi connectivity index (χ2v) is 7.09. The number of nitrogens with zero attached hydrogens (tertiary/aromatic N) is 2. The first-order chi connectivity index (χ1) is 9.95. The fourth-order valence-corrected chi connectivity index (χ4v) is 2.89. The van der Waals surface area contributed by atoms with E-state index in [2.05, 4.69) is 31.1 Å². The van der Waals surface area contributed by atoms with Crippen LogP contribution in [-0.2, 0) is 16.9 Å². The number of rotatable bonds is 4. The molecule has 0 aliphatic heterocycles. The first-order valence-corrected chi connectivity index (χ1v) is 8.08. The molecule has 1 aromatic rings. The van der Waals surface area contributed by atoms with E-state index in [0.717, 1.165) is 30.9 Å². The smallest absolute Gasteiger partial charge is 0.160 e. The summed E-state index contributed by atoms with van der Waals surface area (Å²) in [4.78, 5) is 9.31. The zero-order chi connectivity index (χ0) is 15.3. The monoisotopic (exact) mass is 291 g/mol. The summed E-state index contributed by atoms with van der Waals surface area (Å²) >= 11 is 0. The number of hydrogen-bond acceptors (Lipinski definition) is 4. The summed E-state index contributed by atoms with van der Waals surface area (Å²) < 4.78 is 5.90. The molecule has 1 heterocycles. The molecular weight excluding hydrogens is 262 g/mol. The average Bonchev–Trinajstić information content (AvgIpc) is 2.71. The van der Waals surface area contributed by atoms with Crippen molar-refractivity contribution in [3.63, 3.8) is 0 Å². The van der Waals surface area contributed by atoms with Crippen molar-refractivity contribution in [1.29, 1.82) is 0 Å². The molecular formula is C17H29N3O. The van der Waals surface area contributed by atoms with Gasteiger partial charge in [0.05, 0.1) is 5.69 Å². The summed E-state index contributed by atoms with van der Waals surface area (Å²) in [7, 11) is 1.80. The molecule has 1 fully saturated rings. The molecule has 1 aliphatic rings. The second-order valence-electron chi connectivity index (χ2n) is 7.09. The van der Waals surface area contributed by atoms with Gasteiger partial charge in [-0.05, 0) is 39.7 Å². The van der Waals surface area contributed by atoms with Gasteiger partial charge in [-0.15, -0.1) is 0 Å². The van der Waals surface area contributed by atoms with E-state index < -0.39 is 0 Å². The first kappa shape index (κ1) is 16.4. The van der Waals surface area contributed by atoms with Crippen LogP contribution < -0.4 is 5.32 Å². The van der Waals surface area contributed by atoms with Crippen molar-refractivity contribution in [3.05, 3.63) is 23.8 Å². The number of ether oxygens (including phenoxy) is 1. The summed E-state index contributed by atoms with van der Waals surface area (Å²) in [6, 6.07) is 1.99. The minimum Gasteiger partial charge on any atom is -0.370 e. The highest BCUT2D eigenvalue weighted by atomic mass is 16.5. The van der Waals surface area contributed by atoms with Crippen LogP contribution in [0.15, 0.2) is 12.3 Å². The fraction of sp³-hybridized carbons (Fsp3) is 0.765. The topological polar surface area (TPSA) is 47.0 Å². The minimum absolute atomic E-state index is 0.0897. The molecule has 1 N–H and O–H groups in total. The van der Waals surface area contributed by atoms with Crippen molar-refractivity contribution in [2.24, 2.45) is 0 Å². The third-order valence-corrected chi connectivity index (χ3v) is 4.22. The lowest BCUT2D eigenvalue weighted by Gasteiger charge is -2.30. The Balaban J connectivity index is 2.18. The summed E-state index contributed by atoms with van der Waals surface area (Å²) in [5.74, 6) is 0.861. The van der Waals surface area contributed by atoms with Crippen molar-refractivity contribution in [3.8, 4) is 0 Å². The van der Waals surface area contributed by atoms with Crippen molar-refractivity contribution in [1.82, 2.24) is 15.3 Å². The van der Waals surface area contributed by atoms with Crippen LogP contribution in [0.4, 0.5) is 0 Å². The summed E-state index contributed by atoms with van der Waals surface area (Å²) in [5, 5.41) is 3.48. The predicted molar refractivity (Wildman–Crippen MR) is 85.0 cm³/mol. The Morgan fingerprint density at radius 3 is 2.43 bits per heavy atom. The lowest BCUT2D eigenvalue weighted by molar-refractivity contribution is -0.0353. The van der Waals surface area contributed by atoms with E-state index in [1.807, 2.05) is 12.3 Å². The molecule has 0 unspecified atom stereocenters. The standard InChI is InChI=1S/C17H29N3O/c1-16(2,3)19-13-14-9-12-18-15(20-14)17(21-4)10-7-5-6-8-11-17/h9,12,19H,5-8,10-11,13H2,1-4H3. The lowest BCUT2D eigenvalue weighted by Crippen LogP contribution is -2.36. The molecule has 0 amide bonds. The van der Waals surface area contributed by atoms with Crippen LogP contribution in [0.3, 0.4) is 0 Å². The van der Waals surface area contributed by atoms with Crippen LogP contribution in [0.25, 0.3) is 0 Å². The number of nitrogens with one attached hydrogen (secondary N) is 1. The highest BCUT2D eigenvalue weighted by Crippen LogP contribution is 2.37. The van der Waals surface area contributed by atoms with Crippen LogP contribution in [0.5, 0.6) is 0 Å². The van der Waals surface area contributed by atoms with E-state index >= 15 is 0 Å². The fourth-order valence-electron chi connectivity index (χ4n) is 2.89. The zero-order valence-corrected chi connectivity index (χ0v) is 13.9. The van der Waals surface area contributed by atoms with Gasteiger partial charge in [0.1, 0.15) is 5.60 Å². The Labute approximate surface area is 128 Å². The predicted octanol–water partition coefficient (Wildman–Crippen LogP) is 3.56. The van der Waals surface area contributed by atoms with Crippen LogP contribution in [0.1, 0.15) is 70.8 Å². The summed E-state index contributed by atoms with van der Waals surface area (Å²) in [6.07, 6.45) is 8.89. The van der Waals surface area contributed by atoms with Gasteiger partial charge in [-0.2, -0.15) is 0 Å². The van der Waals surface area contributed by atoms with Gasteiger partial charge in [-0.3, -0.25) is 0 Å². The Hall–Kier alpha value is -1.00. The van der Waals surface area contributed by atoms with Crippen LogP contribution in [-0.4, -0.2) is 22.6 Å². The average molecular weight is 291 g/mol. The zero-order valence-electron chi connectivity index (χ0n) is 13.9. The number of aromatic nitrogens is 2. The summed E-state index contributed by atoms with van der Waals surface area (Å²) in [5.41, 5.74) is 0.844. The number of methoxy groups -OCH3 is 1. The molecule has 21 heavy (non-hydrogen) atoms. The van der Waals surface area contributed by atoms with E-state index in [4.69, 9.17) is 9.72 Å². The molecule has 0 saturated heterocycles. The van der Waals surface area contributed by atoms with Crippen molar-refractivity contribution < 1.29 is 4.74 Å². The molecule has 0 spiro atoms. The largest absolute Gasteiger partial charge is 0.370 e. The molecule has 1 aliphatic carbocycles. The van der Waals surface area contributed by atoms with Crippen LogP contribution >= 0.6 is 0 Å². The van der Waals surface area contributed by atoms with E-state index in [1.165, 1.54) is 25.7 Å². The molecule has 0 radical (unpaired) electrons. The molecule has 1 saturated carbocycles. The third kappa shape index (κ3) is 4.48. The maximum atomic E-state index is 5.90. The molecule has 4 nitrogen and oxygen atoms in total. The highest BCUT2D eigenvalue weighted by Gasteiger charge is 2.35. The molecule has 0 atom stereocenters. The van der Waals surface area contributed by atoms with Gasteiger partial charge >= 0.3 is 0 Å². The van der Waals surface area contributed by atoms with Gasteiger partial charge in [-0.25, -0.2) is 9.97 Å². The summed E-state index contributed by atoms with van der Waals surface area (Å²) in [6.45, 7) is 7.25. The van der Waals surface area contributed by atoms with Gasteiger partial charge in [0.15, 0.2) is 5.82 Å². The van der Waals surface area contributed by atoms with E-state index in [9.17, 15) is 0 Å². The van der Waals surface area contributed by atoms with Gasteiger partial charge in [-0.1, -0.05) is 25.7 Å². The molecule has 118 valence electrons. The molecule has 0 aromatic carbocycles. The van der Waals surface area contributed by atoms with Crippen molar-refractivity contribution in [2.45, 2.75) is 77.0 Å². The highest BCUT2D eigenvalue weighted by molar-refractivity contribution is 5.09. The quantitative estimate of drug-likeness (QED) is 0.862. The third-order valence-electron chi connectivity index (χ3n) is 4.22. The van der Waals surface area contributed by atoms with Gasteiger partial charge in [0, 0.05) is 25.4 Å². The molecule has 2 rings (SSSR count). The Bertz CT molecular complexity index is 446. The Morgan fingerprint density at radius 1 is 1.19 bits per heavy atom. The van der Waals surface area contributed by atoms with Crippen molar-refractivity contribution in [2.75, 3.05) is 7.11 Å².